The number of fused-ring (bicyclic) bond motifs is 1. The van der Waals surface area contributed by atoms with Crippen molar-refractivity contribution in [1.29, 1.82) is 0 Å². The Morgan fingerprint density at radius 1 is 1.42 bits per heavy atom. The van der Waals surface area contributed by atoms with Crippen molar-refractivity contribution in [2.75, 3.05) is 25.6 Å². The monoisotopic (exact) mass is 263 g/mol. The second-order valence-electron chi connectivity index (χ2n) is 5.41. The quantitative estimate of drug-likeness (QED) is 0.854. The molecule has 0 aromatic heterocycles. The van der Waals surface area contributed by atoms with E-state index in [-0.39, 0.29) is 12.1 Å². The number of benzene rings is 1. The third kappa shape index (κ3) is 2.42. The lowest BCUT2D eigenvalue weighted by Crippen LogP contribution is -2.47. The second kappa shape index (κ2) is 5.39. The highest BCUT2D eigenvalue weighted by Crippen LogP contribution is 2.35. The van der Waals surface area contributed by atoms with E-state index in [0.717, 1.165) is 43.1 Å². The first-order valence-corrected chi connectivity index (χ1v) is 6.98. The number of rotatable bonds is 2. The highest BCUT2D eigenvalue weighted by atomic mass is 16.5. The lowest BCUT2D eigenvalue weighted by atomic mass is 9.84. The zero-order chi connectivity index (χ0) is 13.2. The van der Waals surface area contributed by atoms with E-state index in [0.29, 0.717) is 12.3 Å². The minimum Gasteiger partial charge on any atom is -0.496 e. The van der Waals surface area contributed by atoms with E-state index >= 15 is 0 Å². The molecule has 0 radical (unpaired) electrons. The maximum absolute atomic E-state index is 10.4. The molecule has 4 nitrogen and oxygen atoms in total. The Labute approximate surface area is 113 Å². The largest absolute Gasteiger partial charge is 0.496 e. The van der Waals surface area contributed by atoms with Gasteiger partial charge in [-0.1, -0.05) is 6.07 Å². The number of nitrogens with one attached hydrogen (secondary N) is 1. The van der Waals surface area contributed by atoms with Crippen LogP contribution in [0, 0.1) is 5.92 Å². The van der Waals surface area contributed by atoms with Gasteiger partial charge in [0.1, 0.15) is 5.75 Å². The average molecular weight is 263 g/mol. The highest BCUT2D eigenvalue weighted by molar-refractivity contribution is 5.60. The SMILES string of the molecule is COc1cccc2c1CC(O)C(C1CCCOC1)N2. The van der Waals surface area contributed by atoms with Gasteiger partial charge in [0, 0.05) is 30.2 Å². The van der Waals surface area contributed by atoms with Gasteiger partial charge < -0.3 is 19.9 Å². The molecule has 1 aromatic rings. The molecule has 3 unspecified atom stereocenters. The summed E-state index contributed by atoms with van der Waals surface area (Å²) in [4.78, 5) is 0. The first-order chi connectivity index (χ1) is 9.29. The Balaban J connectivity index is 1.83. The van der Waals surface area contributed by atoms with Crippen LogP contribution in [0.2, 0.25) is 0 Å². The summed E-state index contributed by atoms with van der Waals surface area (Å²) in [5.41, 5.74) is 2.16. The summed E-state index contributed by atoms with van der Waals surface area (Å²) >= 11 is 0. The molecule has 3 rings (SSSR count). The van der Waals surface area contributed by atoms with Crippen molar-refractivity contribution < 1.29 is 14.6 Å². The van der Waals surface area contributed by atoms with Gasteiger partial charge in [0.05, 0.1) is 25.9 Å². The van der Waals surface area contributed by atoms with E-state index in [9.17, 15) is 5.11 Å². The molecule has 2 heterocycles. The Kier molecular flexibility index (Phi) is 3.62. The zero-order valence-corrected chi connectivity index (χ0v) is 11.3. The van der Waals surface area contributed by atoms with Crippen molar-refractivity contribution >= 4 is 5.69 Å². The molecule has 104 valence electrons. The van der Waals surface area contributed by atoms with Crippen LogP contribution >= 0.6 is 0 Å². The average Bonchev–Trinajstić information content (AvgIpc) is 2.47. The summed E-state index contributed by atoms with van der Waals surface area (Å²) in [5.74, 6) is 1.24. The molecule has 3 atom stereocenters. The fraction of sp³-hybridized carbons (Fsp3) is 0.600. The molecule has 0 aliphatic carbocycles. The molecule has 4 heteroatoms. The summed E-state index contributed by atoms with van der Waals surface area (Å²) in [6, 6.07) is 6.06. The predicted molar refractivity (Wildman–Crippen MR) is 73.7 cm³/mol. The molecule has 0 bridgehead atoms. The molecular formula is C15H21NO3. The predicted octanol–water partition coefficient (Wildman–Crippen LogP) is 1.82. The summed E-state index contributed by atoms with van der Waals surface area (Å²) in [6.45, 7) is 1.59. The standard InChI is InChI=1S/C15H21NO3/c1-18-14-6-2-5-12-11(14)8-13(17)15(16-12)10-4-3-7-19-9-10/h2,5-6,10,13,15-17H,3-4,7-9H2,1H3. The van der Waals surface area contributed by atoms with Crippen molar-refractivity contribution in [2.45, 2.75) is 31.4 Å². The molecule has 2 aliphatic heterocycles. The Morgan fingerprint density at radius 2 is 2.32 bits per heavy atom. The van der Waals surface area contributed by atoms with Crippen LogP contribution in [0.1, 0.15) is 18.4 Å². The van der Waals surface area contributed by atoms with Crippen molar-refractivity contribution in [1.82, 2.24) is 0 Å². The normalized spacial score (nSPS) is 30.3. The summed E-state index contributed by atoms with van der Waals surface area (Å²) in [6.07, 6.45) is 2.47. The van der Waals surface area contributed by atoms with Crippen molar-refractivity contribution in [3.63, 3.8) is 0 Å². The Hall–Kier alpha value is -1.26. The molecule has 19 heavy (non-hydrogen) atoms. The van der Waals surface area contributed by atoms with Gasteiger partial charge in [-0.2, -0.15) is 0 Å². The molecule has 0 spiro atoms. The smallest absolute Gasteiger partial charge is 0.124 e. The maximum atomic E-state index is 10.4. The minimum absolute atomic E-state index is 0.0832. The van der Waals surface area contributed by atoms with Crippen molar-refractivity contribution in [3.8, 4) is 5.75 Å². The van der Waals surface area contributed by atoms with Crippen LogP contribution in [-0.2, 0) is 11.2 Å². The van der Waals surface area contributed by atoms with Gasteiger partial charge in [-0.3, -0.25) is 0 Å². The third-order valence-corrected chi connectivity index (χ3v) is 4.21. The van der Waals surface area contributed by atoms with Crippen LogP contribution in [0.5, 0.6) is 5.75 Å². The van der Waals surface area contributed by atoms with Gasteiger partial charge in [-0.25, -0.2) is 0 Å². The van der Waals surface area contributed by atoms with E-state index < -0.39 is 0 Å². The number of methoxy groups -OCH3 is 1. The third-order valence-electron chi connectivity index (χ3n) is 4.21. The topological polar surface area (TPSA) is 50.7 Å². The highest BCUT2D eigenvalue weighted by Gasteiger charge is 2.34. The van der Waals surface area contributed by atoms with E-state index in [1.54, 1.807) is 7.11 Å². The molecule has 1 fully saturated rings. The van der Waals surface area contributed by atoms with Gasteiger partial charge in [0.25, 0.3) is 0 Å². The van der Waals surface area contributed by atoms with Crippen LogP contribution in [0.4, 0.5) is 5.69 Å². The molecule has 2 N–H and O–H groups in total. The van der Waals surface area contributed by atoms with Gasteiger partial charge >= 0.3 is 0 Å². The number of hydrogen-bond donors (Lipinski definition) is 2. The van der Waals surface area contributed by atoms with Gasteiger partial charge in [-0.05, 0) is 25.0 Å². The Bertz CT molecular complexity index is 443. The number of anilines is 1. The van der Waals surface area contributed by atoms with Crippen LogP contribution in [0.25, 0.3) is 0 Å². The van der Waals surface area contributed by atoms with Crippen molar-refractivity contribution in [2.24, 2.45) is 5.92 Å². The van der Waals surface area contributed by atoms with Gasteiger partial charge in [0.15, 0.2) is 0 Å². The fourth-order valence-corrected chi connectivity index (χ4v) is 3.20. The maximum Gasteiger partial charge on any atom is 0.124 e. The summed E-state index contributed by atoms with van der Waals surface area (Å²) in [5, 5.41) is 13.9. The molecule has 1 aromatic carbocycles. The molecule has 1 saturated heterocycles. The second-order valence-corrected chi connectivity index (χ2v) is 5.41. The Morgan fingerprint density at radius 3 is 3.05 bits per heavy atom. The summed E-state index contributed by atoms with van der Waals surface area (Å²) in [7, 11) is 1.67. The molecule has 0 saturated carbocycles. The van der Waals surface area contributed by atoms with Gasteiger partial charge in [0.2, 0.25) is 0 Å². The lowest BCUT2D eigenvalue weighted by Gasteiger charge is -2.38. The molecular weight excluding hydrogens is 242 g/mol. The fourth-order valence-electron chi connectivity index (χ4n) is 3.20. The first kappa shape index (κ1) is 12.8. The van der Waals surface area contributed by atoms with E-state index in [2.05, 4.69) is 11.4 Å². The van der Waals surface area contributed by atoms with Crippen LogP contribution in [-0.4, -0.2) is 37.6 Å². The number of hydrogen-bond acceptors (Lipinski definition) is 4. The van der Waals surface area contributed by atoms with E-state index in [4.69, 9.17) is 9.47 Å². The van der Waals surface area contributed by atoms with Crippen LogP contribution < -0.4 is 10.1 Å². The molecule has 0 amide bonds. The van der Waals surface area contributed by atoms with E-state index in [1.807, 2.05) is 12.1 Å². The minimum atomic E-state index is -0.379. The van der Waals surface area contributed by atoms with E-state index in [1.165, 1.54) is 0 Å². The number of aliphatic hydroxyl groups excluding tert-OH is 1. The lowest BCUT2D eigenvalue weighted by molar-refractivity contribution is 0.0197. The van der Waals surface area contributed by atoms with Crippen LogP contribution in [0.15, 0.2) is 18.2 Å². The van der Waals surface area contributed by atoms with Gasteiger partial charge in [-0.15, -0.1) is 0 Å². The molecule has 2 aliphatic rings. The van der Waals surface area contributed by atoms with Crippen molar-refractivity contribution in [3.05, 3.63) is 23.8 Å². The first-order valence-electron chi connectivity index (χ1n) is 6.98. The zero-order valence-electron chi connectivity index (χ0n) is 11.3. The number of ether oxygens (including phenoxy) is 2. The summed E-state index contributed by atoms with van der Waals surface area (Å²) < 4.78 is 10.9. The van der Waals surface area contributed by atoms with Crippen LogP contribution in [0.3, 0.4) is 0 Å². The number of aliphatic hydroxyl groups is 1.